The number of carbonyl (C=O) groups is 5. The molecule has 0 aromatic heterocycles. The lowest BCUT2D eigenvalue weighted by molar-refractivity contribution is -0.145. The minimum atomic E-state index is -1.37. The van der Waals surface area contributed by atoms with Gasteiger partial charge in [0.15, 0.2) is 0 Å². The van der Waals surface area contributed by atoms with Crippen molar-refractivity contribution < 1.29 is 33.4 Å². The molecular formula is C29H46N4O7. The molecule has 40 heavy (non-hydrogen) atoms. The van der Waals surface area contributed by atoms with Gasteiger partial charge in [0, 0.05) is 6.54 Å². The number of aryl methyl sites for hydroxylation is 1. The first-order valence-electron chi connectivity index (χ1n) is 13.8. The zero-order valence-corrected chi connectivity index (χ0v) is 24.7. The number of primary amides is 1. The molecule has 0 heterocycles. The first-order valence-corrected chi connectivity index (χ1v) is 13.8. The van der Waals surface area contributed by atoms with Crippen LogP contribution in [-0.2, 0) is 35.1 Å². The maximum Gasteiger partial charge on any atom is 0.408 e. The Bertz CT molecular complexity index is 989. The lowest BCUT2D eigenvalue weighted by atomic mass is 9.99. The van der Waals surface area contributed by atoms with Gasteiger partial charge in [-0.05, 0) is 44.7 Å². The average Bonchev–Trinajstić information content (AvgIpc) is 2.88. The van der Waals surface area contributed by atoms with Gasteiger partial charge in [-0.15, -0.1) is 0 Å². The summed E-state index contributed by atoms with van der Waals surface area (Å²) in [6.45, 7) is 8.87. The van der Waals surface area contributed by atoms with E-state index < -0.39 is 60.4 Å². The van der Waals surface area contributed by atoms with E-state index in [1.165, 1.54) is 12.0 Å². The molecule has 4 N–H and O–H groups in total. The summed E-state index contributed by atoms with van der Waals surface area (Å²) in [5.74, 6) is -2.73. The number of rotatable bonds is 16. The van der Waals surface area contributed by atoms with Crippen molar-refractivity contribution in [3.05, 3.63) is 35.4 Å². The molecule has 1 aromatic carbocycles. The summed E-state index contributed by atoms with van der Waals surface area (Å²) in [7, 11) is 1.21. The number of unbranched alkanes of at least 4 members (excludes halogenated alkanes) is 4. The molecule has 0 aliphatic rings. The lowest BCUT2D eigenvalue weighted by Crippen LogP contribution is -2.54. The van der Waals surface area contributed by atoms with Crippen molar-refractivity contribution in [1.29, 1.82) is 0 Å². The van der Waals surface area contributed by atoms with Gasteiger partial charge in [0.25, 0.3) is 0 Å². The van der Waals surface area contributed by atoms with Gasteiger partial charge in [0.1, 0.15) is 24.2 Å². The van der Waals surface area contributed by atoms with Gasteiger partial charge in [0.2, 0.25) is 17.7 Å². The van der Waals surface area contributed by atoms with Gasteiger partial charge < -0.3 is 30.7 Å². The number of nitrogens with zero attached hydrogens (tertiary/aromatic N) is 1. The normalized spacial score (nSPS) is 12.6. The number of alkyl carbamates (subject to hydrolysis) is 1. The number of hydrogen-bond donors (Lipinski definition) is 3. The second-order valence-corrected chi connectivity index (χ2v) is 10.6. The second-order valence-electron chi connectivity index (χ2n) is 10.6. The molecule has 2 unspecified atom stereocenters. The van der Waals surface area contributed by atoms with E-state index in [1.54, 1.807) is 32.9 Å². The van der Waals surface area contributed by atoms with Gasteiger partial charge in [-0.3, -0.25) is 19.2 Å². The highest BCUT2D eigenvalue weighted by molar-refractivity contribution is 5.95. The molecule has 2 atom stereocenters. The SMILES string of the molecule is CCCCCCCN(C(=O)C(CC(N)=O)NC(=O)OC(C)(C)C)C(C(=O)NCC(=O)OC)c1ccc(CC)cc1. The third kappa shape index (κ3) is 12.5. The third-order valence-electron chi connectivity index (χ3n) is 6.08. The van der Waals surface area contributed by atoms with Crippen molar-refractivity contribution in [3.8, 4) is 0 Å². The molecule has 0 aliphatic carbocycles. The molecule has 0 aliphatic heterocycles. The van der Waals surface area contributed by atoms with E-state index in [4.69, 9.17) is 10.5 Å². The molecular weight excluding hydrogens is 516 g/mol. The Morgan fingerprint density at radius 2 is 1.60 bits per heavy atom. The molecule has 0 radical (unpaired) electrons. The molecule has 0 bridgehead atoms. The average molecular weight is 563 g/mol. The molecule has 11 nitrogen and oxygen atoms in total. The van der Waals surface area contributed by atoms with Gasteiger partial charge >= 0.3 is 12.1 Å². The van der Waals surface area contributed by atoms with E-state index in [2.05, 4.69) is 22.3 Å². The van der Waals surface area contributed by atoms with E-state index in [1.807, 2.05) is 19.1 Å². The van der Waals surface area contributed by atoms with E-state index in [0.717, 1.165) is 37.7 Å². The summed E-state index contributed by atoms with van der Waals surface area (Å²) >= 11 is 0. The minimum Gasteiger partial charge on any atom is -0.468 e. The summed E-state index contributed by atoms with van der Waals surface area (Å²) in [5.41, 5.74) is 6.13. The van der Waals surface area contributed by atoms with Gasteiger partial charge in [-0.25, -0.2) is 4.79 Å². The Kier molecular flexibility index (Phi) is 14.7. The number of amides is 4. The molecule has 0 saturated heterocycles. The first kappa shape index (κ1) is 34.4. The topological polar surface area (TPSA) is 157 Å². The molecule has 0 saturated carbocycles. The Morgan fingerprint density at radius 1 is 0.975 bits per heavy atom. The van der Waals surface area contributed by atoms with E-state index in [0.29, 0.717) is 12.0 Å². The standard InChI is InChI=1S/C29H46N4O7/c1-7-9-10-11-12-17-33(27(37)22(18-23(30)34)32-28(38)40-29(3,4)5)25(26(36)31-19-24(35)39-6)21-15-13-20(8-2)14-16-21/h13-16,22,25H,7-12,17-19H2,1-6H3,(H2,30,34)(H,31,36)(H,32,38). The molecule has 4 amide bonds. The highest BCUT2D eigenvalue weighted by atomic mass is 16.6. The summed E-state index contributed by atoms with van der Waals surface area (Å²) < 4.78 is 9.94. The molecule has 1 rings (SSSR count). The smallest absolute Gasteiger partial charge is 0.408 e. The summed E-state index contributed by atoms with van der Waals surface area (Å²) in [5, 5.41) is 5.01. The number of benzene rings is 1. The monoisotopic (exact) mass is 562 g/mol. The number of nitrogens with one attached hydrogen (secondary N) is 2. The fourth-order valence-corrected chi connectivity index (χ4v) is 4.04. The van der Waals surface area contributed by atoms with Gasteiger partial charge in [-0.1, -0.05) is 63.8 Å². The van der Waals surface area contributed by atoms with Crippen LogP contribution in [0.15, 0.2) is 24.3 Å². The number of ether oxygens (including phenoxy) is 2. The van der Waals surface area contributed by atoms with Crippen molar-refractivity contribution in [2.24, 2.45) is 5.73 Å². The van der Waals surface area contributed by atoms with Gasteiger partial charge in [-0.2, -0.15) is 0 Å². The van der Waals surface area contributed by atoms with Crippen molar-refractivity contribution in [1.82, 2.24) is 15.5 Å². The summed E-state index contributed by atoms with van der Waals surface area (Å²) in [6.07, 6.45) is 3.79. The number of esters is 1. The van der Waals surface area contributed by atoms with Crippen LogP contribution in [0, 0.1) is 0 Å². The van der Waals surface area contributed by atoms with Crippen LogP contribution in [0.1, 0.15) is 90.3 Å². The maximum atomic E-state index is 14.0. The number of carbonyl (C=O) groups excluding carboxylic acids is 5. The predicted molar refractivity (Wildman–Crippen MR) is 151 cm³/mol. The first-order chi connectivity index (χ1) is 18.8. The van der Waals surface area contributed by atoms with Crippen LogP contribution in [0.5, 0.6) is 0 Å². The zero-order chi connectivity index (χ0) is 30.3. The molecule has 11 heteroatoms. The van der Waals surface area contributed by atoms with Gasteiger partial charge in [0.05, 0.1) is 13.5 Å². The van der Waals surface area contributed by atoms with Crippen molar-refractivity contribution in [2.45, 2.75) is 97.2 Å². The van der Waals surface area contributed by atoms with Crippen LogP contribution < -0.4 is 16.4 Å². The van der Waals surface area contributed by atoms with Crippen LogP contribution in [0.2, 0.25) is 0 Å². The van der Waals surface area contributed by atoms with Crippen LogP contribution in [-0.4, -0.2) is 66.5 Å². The highest BCUT2D eigenvalue weighted by Gasteiger charge is 2.37. The van der Waals surface area contributed by atoms with Crippen molar-refractivity contribution in [2.75, 3.05) is 20.2 Å². The van der Waals surface area contributed by atoms with E-state index in [9.17, 15) is 24.0 Å². The van der Waals surface area contributed by atoms with Crippen molar-refractivity contribution >= 4 is 29.8 Å². The third-order valence-corrected chi connectivity index (χ3v) is 6.08. The second kappa shape index (κ2) is 17.1. The minimum absolute atomic E-state index is 0.166. The molecule has 224 valence electrons. The lowest BCUT2D eigenvalue weighted by Gasteiger charge is -2.34. The molecule has 0 spiro atoms. The highest BCUT2D eigenvalue weighted by Crippen LogP contribution is 2.25. The molecule has 0 fully saturated rings. The number of hydrogen-bond acceptors (Lipinski definition) is 7. The number of methoxy groups -OCH3 is 1. The summed E-state index contributed by atoms with van der Waals surface area (Å²) in [6, 6.07) is 4.71. The Balaban J connectivity index is 3.50. The fourth-order valence-electron chi connectivity index (χ4n) is 4.04. The Labute approximate surface area is 237 Å². The zero-order valence-electron chi connectivity index (χ0n) is 24.7. The van der Waals surface area contributed by atoms with Crippen LogP contribution in [0.25, 0.3) is 0 Å². The van der Waals surface area contributed by atoms with E-state index >= 15 is 0 Å². The van der Waals surface area contributed by atoms with Crippen LogP contribution >= 0.6 is 0 Å². The summed E-state index contributed by atoms with van der Waals surface area (Å²) in [4.78, 5) is 65.2. The Hall–Kier alpha value is -3.63. The maximum absolute atomic E-state index is 14.0. The fraction of sp³-hybridized carbons (Fsp3) is 0.621. The van der Waals surface area contributed by atoms with Crippen molar-refractivity contribution in [3.63, 3.8) is 0 Å². The largest absolute Gasteiger partial charge is 0.468 e. The molecule has 1 aromatic rings. The van der Waals surface area contributed by atoms with Crippen LogP contribution in [0.4, 0.5) is 4.79 Å². The van der Waals surface area contributed by atoms with E-state index in [-0.39, 0.29) is 6.54 Å². The number of nitrogens with two attached hydrogens (primary N) is 1. The predicted octanol–water partition coefficient (Wildman–Crippen LogP) is 3.15. The quantitative estimate of drug-likeness (QED) is 0.206. The van der Waals surface area contributed by atoms with Crippen LogP contribution in [0.3, 0.4) is 0 Å². The Morgan fingerprint density at radius 3 is 2.12 bits per heavy atom.